The quantitative estimate of drug-likeness (QED) is 0.163. The summed E-state index contributed by atoms with van der Waals surface area (Å²) in [7, 11) is 0. The average molecular weight is 1200 g/mol. The SMILES string of the molecule is CC(C)(C)c1ccc(-c2nnc(-c3ccc4c(c3)C35c6cc(ccc6-4)-c4ccc(cc4)N(c4ccccc4)C4=CC=CCC4c4cccc(c4)N(c4ccccc4)c4ccc(cc4)-c4ccc(c3c4)-c3ccc(-c4nnc(-c6ccc(C(C)(C)C)cc6)o4)cc35)o2)cc1. The maximum atomic E-state index is 6.72. The van der Waals surface area contributed by atoms with Crippen molar-refractivity contribution in [1.29, 1.82) is 0 Å². The van der Waals surface area contributed by atoms with Crippen LogP contribution in [0.5, 0.6) is 0 Å². The molecule has 2 unspecified atom stereocenters. The normalized spacial score (nSPS) is 15.9. The molecular weight excluding hydrogens is 1140 g/mol. The van der Waals surface area contributed by atoms with Crippen LogP contribution < -0.4 is 9.80 Å². The van der Waals surface area contributed by atoms with E-state index in [9.17, 15) is 0 Å². The number of nitrogens with zero attached hydrogens (tertiary/aromatic N) is 6. The van der Waals surface area contributed by atoms with E-state index in [1.54, 1.807) is 0 Å². The summed E-state index contributed by atoms with van der Waals surface area (Å²) in [6.07, 6.45) is 7.67. The van der Waals surface area contributed by atoms with E-state index in [0.29, 0.717) is 23.6 Å². The van der Waals surface area contributed by atoms with Crippen molar-refractivity contribution < 1.29 is 8.83 Å². The number of allylic oxidation sites excluding steroid dienone is 4. The molecule has 10 bridgehead atoms. The monoisotopic (exact) mass is 1200 g/mol. The van der Waals surface area contributed by atoms with E-state index in [-0.39, 0.29) is 16.7 Å². The summed E-state index contributed by atoms with van der Waals surface area (Å²) in [6.45, 7) is 13.3. The summed E-state index contributed by atoms with van der Waals surface area (Å²) >= 11 is 0. The molecule has 0 amide bonds. The molecule has 1 spiro atoms. The minimum Gasteiger partial charge on any atom is -0.416 e. The van der Waals surface area contributed by atoms with Crippen LogP contribution in [-0.2, 0) is 16.2 Å². The third kappa shape index (κ3) is 9.33. The Hall–Kier alpha value is -11.2. The van der Waals surface area contributed by atoms with Gasteiger partial charge in [-0.2, -0.15) is 0 Å². The van der Waals surface area contributed by atoms with Gasteiger partial charge in [0.1, 0.15) is 0 Å². The number of hydrogen-bond donors (Lipinski definition) is 0. The first-order chi connectivity index (χ1) is 45.3. The zero-order chi connectivity index (χ0) is 62.7. The van der Waals surface area contributed by atoms with E-state index < -0.39 is 5.41 Å². The second kappa shape index (κ2) is 21.5. The number of benzene rings is 11. The summed E-state index contributed by atoms with van der Waals surface area (Å²) in [4.78, 5) is 4.83. The smallest absolute Gasteiger partial charge is 0.248 e. The van der Waals surface area contributed by atoms with Crippen molar-refractivity contribution in [2.75, 3.05) is 9.80 Å². The van der Waals surface area contributed by atoms with Gasteiger partial charge in [0.2, 0.25) is 23.6 Å². The second-order valence-electron chi connectivity index (χ2n) is 27.1. The Balaban J connectivity index is 0.896. The average Bonchev–Trinajstić information content (AvgIpc) is 1.51. The van der Waals surface area contributed by atoms with Gasteiger partial charge in [0, 0.05) is 62.3 Å². The van der Waals surface area contributed by atoms with E-state index in [1.807, 2.05) is 0 Å². The van der Waals surface area contributed by atoms with Crippen LogP contribution in [0.1, 0.15) is 92.8 Å². The van der Waals surface area contributed by atoms with Gasteiger partial charge in [-0.15, -0.1) is 20.4 Å². The van der Waals surface area contributed by atoms with Crippen molar-refractivity contribution in [3.8, 4) is 90.3 Å². The Labute approximate surface area is 542 Å². The highest BCUT2D eigenvalue weighted by atomic mass is 16.4. The fraction of sp³-hybridized carbons (Fsp3) is 0.129. The molecule has 20 rings (SSSR count). The fourth-order valence-corrected chi connectivity index (χ4v) is 14.7. The summed E-state index contributed by atoms with van der Waals surface area (Å²) in [5.41, 5.74) is 26.4. The van der Waals surface area contributed by atoms with Crippen LogP contribution in [0.15, 0.2) is 288 Å². The highest BCUT2D eigenvalue weighted by molar-refractivity contribution is 5.98. The van der Waals surface area contributed by atoms with Crippen LogP contribution in [0.3, 0.4) is 0 Å². The van der Waals surface area contributed by atoms with Crippen LogP contribution in [0.4, 0.5) is 28.4 Å². The van der Waals surface area contributed by atoms with Crippen molar-refractivity contribution in [1.82, 2.24) is 20.4 Å². The van der Waals surface area contributed by atoms with Crippen LogP contribution in [-0.4, -0.2) is 20.4 Å². The first-order valence-corrected chi connectivity index (χ1v) is 32.2. The van der Waals surface area contributed by atoms with Crippen LogP contribution in [0.25, 0.3) is 90.3 Å². The zero-order valence-electron chi connectivity index (χ0n) is 52.8. The van der Waals surface area contributed by atoms with E-state index in [1.165, 1.54) is 33.5 Å². The Kier molecular flexibility index (Phi) is 12.9. The number of rotatable bonds is 6. The van der Waals surface area contributed by atoms with Gasteiger partial charge in [0.25, 0.3) is 0 Å². The number of para-hydroxylation sites is 2. The van der Waals surface area contributed by atoms with Crippen LogP contribution in [0.2, 0.25) is 0 Å². The van der Waals surface area contributed by atoms with Crippen molar-refractivity contribution in [3.05, 3.63) is 318 Å². The van der Waals surface area contributed by atoms with Gasteiger partial charge in [-0.05, 0) is 228 Å². The van der Waals surface area contributed by atoms with E-state index in [4.69, 9.17) is 19.0 Å². The first-order valence-electron chi connectivity index (χ1n) is 32.2. The Bertz CT molecular complexity index is 5010. The number of hydrogen-bond acceptors (Lipinski definition) is 8. The van der Waals surface area contributed by atoms with Gasteiger partial charge in [0.05, 0.1) is 5.41 Å². The molecule has 448 valence electrons. The summed E-state index contributed by atoms with van der Waals surface area (Å²) in [6, 6.07) is 93.4. The minimum absolute atomic E-state index is 0.00172. The van der Waals surface area contributed by atoms with E-state index >= 15 is 0 Å². The third-order valence-corrected chi connectivity index (χ3v) is 19.5. The molecule has 13 aromatic rings. The summed E-state index contributed by atoms with van der Waals surface area (Å²) in [5, 5.41) is 18.9. The van der Waals surface area contributed by atoms with E-state index in [2.05, 4.69) is 335 Å². The van der Waals surface area contributed by atoms with Crippen molar-refractivity contribution in [3.63, 3.8) is 0 Å². The molecule has 11 aromatic carbocycles. The molecule has 8 nitrogen and oxygen atoms in total. The topological polar surface area (TPSA) is 84.3 Å². The molecule has 7 aliphatic rings. The largest absolute Gasteiger partial charge is 0.416 e. The molecule has 0 radical (unpaired) electrons. The summed E-state index contributed by atoms with van der Waals surface area (Å²) in [5.74, 6) is 1.90. The van der Waals surface area contributed by atoms with Crippen molar-refractivity contribution in [2.45, 2.75) is 70.1 Å². The molecule has 2 atom stereocenters. The number of aromatic nitrogens is 4. The number of anilines is 5. The van der Waals surface area contributed by atoms with E-state index in [0.717, 1.165) is 113 Å². The molecule has 6 heterocycles. The Morgan fingerprint density at radius 2 is 0.710 bits per heavy atom. The van der Waals surface area contributed by atoms with Gasteiger partial charge in [-0.1, -0.05) is 187 Å². The molecule has 93 heavy (non-hydrogen) atoms. The number of fused-ring (bicyclic) bond motifs is 4. The third-order valence-electron chi connectivity index (χ3n) is 19.5. The molecule has 0 saturated heterocycles. The second-order valence-corrected chi connectivity index (χ2v) is 27.1. The lowest BCUT2D eigenvalue weighted by Crippen LogP contribution is -2.26. The van der Waals surface area contributed by atoms with Gasteiger partial charge in [0.15, 0.2) is 0 Å². The van der Waals surface area contributed by atoms with Crippen molar-refractivity contribution >= 4 is 28.4 Å². The van der Waals surface area contributed by atoms with Gasteiger partial charge < -0.3 is 18.6 Å². The maximum Gasteiger partial charge on any atom is 0.248 e. The fourth-order valence-electron chi connectivity index (χ4n) is 14.7. The molecule has 3 aliphatic carbocycles. The molecule has 8 heteroatoms. The van der Waals surface area contributed by atoms with Gasteiger partial charge in [-0.25, -0.2) is 0 Å². The maximum absolute atomic E-state index is 6.72. The highest BCUT2D eigenvalue weighted by Gasteiger charge is 2.52. The molecule has 2 aromatic heterocycles. The van der Waals surface area contributed by atoms with Gasteiger partial charge in [-0.3, -0.25) is 0 Å². The molecule has 0 N–H and O–H groups in total. The highest BCUT2D eigenvalue weighted by Crippen LogP contribution is 2.65. The predicted octanol–water partition coefficient (Wildman–Crippen LogP) is 21.9. The minimum atomic E-state index is -0.878. The molecule has 0 fully saturated rings. The molecular formula is C85H66N6O2. The Morgan fingerprint density at radius 1 is 0.344 bits per heavy atom. The van der Waals surface area contributed by atoms with Crippen LogP contribution >= 0.6 is 0 Å². The Morgan fingerprint density at radius 3 is 1.16 bits per heavy atom. The predicted molar refractivity (Wildman–Crippen MR) is 376 cm³/mol. The molecule has 0 saturated carbocycles. The van der Waals surface area contributed by atoms with Crippen LogP contribution in [0, 0.1) is 0 Å². The summed E-state index contributed by atoms with van der Waals surface area (Å²) < 4.78 is 13.4. The standard InChI is InChI=1S/C85H66N6O2/c1-83(2,3)62-36-24-55(25-37-62)79-86-88-81(92-79)60-34-46-72-70-44-32-57-49-74(70)85(76(72)51-60)75-50-58(33-45-71(75)73-47-35-61(52-77(73)85)82-89-87-80(93-82)56-26-38-63(39-27-56)84(4,5)6)54-30-42-67(43-31-54)91(65-19-11-8-12-20-65)78-23-14-13-22-69(78)59-16-15-21-68(48-59)90(64-17-9-7-10-18-64)66-40-28-53(57)29-41-66/h7-21,23-52,69H,22H2,1-6H3. The first kappa shape index (κ1) is 55.8. The lowest BCUT2D eigenvalue weighted by atomic mass is 9.69. The zero-order valence-corrected chi connectivity index (χ0v) is 52.8. The van der Waals surface area contributed by atoms with Crippen molar-refractivity contribution in [2.24, 2.45) is 0 Å². The lowest BCUT2D eigenvalue weighted by molar-refractivity contribution is 0.581. The lowest BCUT2D eigenvalue weighted by Gasteiger charge is -2.35. The van der Waals surface area contributed by atoms with Gasteiger partial charge >= 0.3 is 0 Å². The molecule has 4 aliphatic heterocycles.